The van der Waals surface area contributed by atoms with Gasteiger partial charge in [0.1, 0.15) is 34.3 Å². The topological polar surface area (TPSA) is 107 Å². The van der Waals surface area contributed by atoms with Crippen molar-refractivity contribution in [2.75, 3.05) is 6.61 Å². The Kier molecular flexibility index (Phi) is 3.29. The Hall–Kier alpha value is -2.89. The Labute approximate surface area is 125 Å². The Balaban J connectivity index is 1.90. The van der Waals surface area contributed by atoms with Gasteiger partial charge in [0.15, 0.2) is 5.78 Å². The molecule has 0 unspecified atom stereocenters. The smallest absolute Gasteiger partial charge is 0.177 e. The van der Waals surface area contributed by atoms with Crippen LogP contribution in [0.3, 0.4) is 0 Å². The molecule has 0 radical (unpaired) electrons. The summed E-state index contributed by atoms with van der Waals surface area (Å²) in [4.78, 5) is 12.5. The van der Waals surface area contributed by atoms with Crippen LogP contribution in [0.5, 0.6) is 28.7 Å². The van der Waals surface area contributed by atoms with Crippen molar-refractivity contribution in [1.29, 1.82) is 0 Å². The number of ether oxygens (including phenoxy) is 1. The van der Waals surface area contributed by atoms with Crippen molar-refractivity contribution in [3.05, 3.63) is 41.5 Å². The molecule has 114 valence electrons. The van der Waals surface area contributed by atoms with E-state index in [1.165, 1.54) is 24.3 Å². The minimum Gasteiger partial charge on any atom is -0.508 e. The third kappa shape index (κ3) is 2.39. The Morgan fingerprint density at radius 1 is 1.00 bits per heavy atom. The van der Waals surface area contributed by atoms with Crippen molar-refractivity contribution in [2.45, 2.75) is 6.42 Å². The van der Waals surface area contributed by atoms with Gasteiger partial charge in [-0.15, -0.1) is 0 Å². The van der Waals surface area contributed by atoms with Crippen molar-refractivity contribution >= 4 is 5.78 Å². The fourth-order valence-corrected chi connectivity index (χ4v) is 2.56. The van der Waals surface area contributed by atoms with Gasteiger partial charge in [0.25, 0.3) is 0 Å². The zero-order chi connectivity index (χ0) is 15.9. The molecule has 0 aromatic heterocycles. The summed E-state index contributed by atoms with van der Waals surface area (Å²) in [5, 5.41) is 38.3. The van der Waals surface area contributed by atoms with Gasteiger partial charge >= 0.3 is 0 Å². The molecule has 0 saturated heterocycles. The Bertz CT molecular complexity index is 753. The van der Waals surface area contributed by atoms with Crippen molar-refractivity contribution in [3.8, 4) is 28.7 Å². The average Bonchev–Trinajstić information content (AvgIpc) is 2.43. The molecule has 0 spiro atoms. The highest BCUT2D eigenvalue weighted by molar-refractivity contribution is 6.04. The quantitative estimate of drug-likeness (QED) is 0.675. The third-order valence-electron chi connectivity index (χ3n) is 3.66. The average molecular weight is 302 g/mol. The summed E-state index contributed by atoms with van der Waals surface area (Å²) in [6.07, 6.45) is 0.213. The van der Waals surface area contributed by atoms with E-state index in [0.717, 1.165) is 6.07 Å². The SMILES string of the molecule is O=C1c2c(O)cc(O)cc2OC[C@H]1Cc1ccc(O)cc1O. The summed E-state index contributed by atoms with van der Waals surface area (Å²) >= 11 is 0. The maximum absolute atomic E-state index is 12.5. The normalized spacial score (nSPS) is 16.9. The van der Waals surface area contributed by atoms with Crippen LogP contribution in [0, 0.1) is 5.92 Å². The first-order valence-electron chi connectivity index (χ1n) is 6.69. The van der Waals surface area contributed by atoms with E-state index in [0.29, 0.717) is 5.56 Å². The van der Waals surface area contributed by atoms with E-state index < -0.39 is 5.92 Å². The van der Waals surface area contributed by atoms with Crippen LogP contribution < -0.4 is 4.74 Å². The number of benzene rings is 2. The van der Waals surface area contributed by atoms with Crippen molar-refractivity contribution in [1.82, 2.24) is 0 Å². The highest BCUT2D eigenvalue weighted by Crippen LogP contribution is 2.38. The maximum Gasteiger partial charge on any atom is 0.177 e. The molecule has 2 aromatic carbocycles. The zero-order valence-corrected chi connectivity index (χ0v) is 11.5. The van der Waals surface area contributed by atoms with Crippen LogP contribution in [0.25, 0.3) is 0 Å². The van der Waals surface area contributed by atoms with E-state index in [2.05, 4.69) is 0 Å². The standard InChI is InChI=1S/C16H14O6/c17-10-2-1-8(12(19)4-10)3-9-7-22-14-6-11(18)5-13(20)15(14)16(9)21/h1-2,4-6,9,17-20H,3,7H2/t9-/m1/s1. The van der Waals surface area contributed by atoms with Gasteiger partial charge in [-0.05, 0) is 18.1 Å². The largest absolute Gasteiger partial charge is 0.508 e. The van der Waals surface area contributed by atoms with E-state index in [1.807, 2.05) is 0 Å². The molecule has 0 fully saturated rings. The van der Waals surface area contributed by atoms with Crippen LogP contribution in [-0.2, 0) is 6.42 Å². The van der Waals surface area contributed by atoms with Gasteiger partial charge in [0.2, 0.25) is 0 Å². The molecule has 4 N–H and O–H groups in total. The number of hydrogen-bond donors (Lipinski definition) is 4. The van der Waals surface area contributed by atoms with Gasteiger partial charge in [-0.3, -0.25) is 4.79 Å². The highest BCUT2D eigenvalue weighted by Gasteiger charge is 2.32. The van der Waals surface area contributed by atoms with Crippen LogP contribution in [-0.4, -0.2) is 32.8 Å². The Morgan fingerprint density at radius 2 is 1.73 bits per heavy atom. The second-order valence-corrected chi connectivity index (χ2v) is 5.23. The summed E-state index contributed by atoms with van der Waals surface area (Å²) in [7, 11) is 0. The first kappa shape index (κ1) is 14.1. The summed E-state index contributed by atoms with van der Waals surface area (Å²) in [5.74, 6) is -1.42. The molecule has 3 rings (SSSR count). The first-order chi connectivity index (χ1) is 10.5. The number of carbonyl (C=O) groups is 1. The maximum atomic E-state index is 12.5. The van der Waals surface area contributed by atoms with Crippen LogP contribution in [0.4, 0.5) is 0 Å². The van der Waals surface area contributed by atoms with Crippen LogP contribution in [0.15, 0.2) is 30.3 Å². The summed E-state index contributed by atoms with van der Waals surface area (Å²) in [6.45, 7) is 0.0784. The minimum atomic E-state index is -0.571. The van der Waals surface area contributed by atoms with Crippen LogP contribution >= 0.6 is 0 Å². The number of Topliss-reactive ketones (excluding diaryl/α,β-unsaturated/α-hetero) is 1. The van der Waals surface area contributed by atoms with E-state index >= 15 is 0 Å². The lowest BCUT2D eigenvalue weighted by atomic mass is 9.89. The molecule has 0 amide bonds. The van der Waals surface area contributed by atoms with E-state index in [4.69, 9.17) is 4.74 Å². The van der Waals surface area contributed by atoms with Gasteiger partial charge in [-0.2, -0.15) is 0 Å². The molecule has 1 aliphatic heterocycles. The highest BCUT2D eigenvalue weighted by atomic mass is 16.5. The number of aromatic hydroxyl groups is 4. The molecule has 1 atom stereocenters. The van der Waals surface area contributed by atoms with Crippen molar-refractivity contribution < 1.29 is 30.0 Å². The molecule has 1 aliphatic rings. The van der Waals surface area contributed by atoms with E-state index in [1.54, 1.807) is 0 Å². The molecule has 1 heterocycles. The van der Waals surface area contributed by atoms with Gasteiger partial charge < -0.3 is 25.2 Å². The van der Waals surface area contributed by atoms with Crippen LogP contribution in [0.2, 0.25) is 0 Å². The lowest BCUT2D eigenvalue weighted by molar-refractivity contribution is 0.0825. The second kappa shape index (κ2) is 5.14. The first-order valence-corrected chi connectivity index (χ1v) is 6.69. The van der Waals surface area contributed by atoms with Gasteiger partial charge in [0, 0.05) is 18.2 Å². The third-order valence-corrected chi connectivity index (χ3v) is 3.66. The molecular weight excluding hydrogens is 288 g/mol. The molecule has 0 bridgehead atoms. The lowest BCUT2D eigenvalue weighted by Crippen LogP contribution is -2.29. The van der Waals surface area contributed by atoms with Gasteiger partial charge in [-0.1, -0.05) is 6.07 Å². The number of phenolic OH excluding ortho intramolecular Hbond substituents is 4. The van der Waals surface area contributed by atoms with E-state index in [-0.39, 0.29) is 53.1 Å². The second-order valence-electron chi connectivity index (χ2n) is 5.23. The predicted octanol–water partition coefficient (Wildman–Crippen LogP) is 1.94. The van der Waals surface area contributed by atoms with Gasteiger partial charge in [0.05, 0.1) is 12.5 Å². The van der Waals surface area contributed by atoms with Crippen molar-refractivity contribution in [2.24, 2.45) is 5.92 Å². The summed E-state index contributed by atoms with van der Waals surface area (Å²) in [6, 6.07) is 6.52. The monoisotopic (exact) mass is 302 g/mol. The zero-order valence-electron chi connectivity index (χ0n) is 11.5. The number of phenols is 4. The summed E-state index contributed by atoms with van der Waals surface area (Å²) < 4.78 is 5.43. The predicted molar refractivity (Wildman–Crippen MR) is 76.6 cm³/mol. The number of hydrogen-bond acceptors (Lipinski definition) is 6. The molecule has 22 heavy (non-hydrogen) atoms. The summed E-state index contributed by atoms with van der Waals surface area (Å²) in [5.41, 5.74) is 0.536. The molecule has 2 aromatic rings. The molecule has 6 heteroatoms. The molecular formula is C16H14O6. The number of ketones is 1. The fourth-order valence-electron chi connectivity index (χ4n) is 2.56. The lowest BCUT2D eigenvalue weighted by Gasteiger charge is -2.25. The molecule has 0 aliphatic carbocycles. The van der Waals surface area contributed by atoms with E-state index in [9.17, 15) is 25.2 Å². The number of rotatable bonds is 2. The van der Waals surface area contributed by atoms with Crippen LogP contribution in [0.1, 0.15) is 15.9 Å². The number of carbonyl (C=O) groups excluding carboxylic acids is 1. The molecule has 0 saturated carbocycles. The van der Waals surface area contributed by atoms with Crippen molar-refractivity contribution in [3.63, 3.8) is 0 Å². The Morgan fingerprint density at radius 3 is 2.45 bits per heavy atom. The number of fused-ring (bicyclic) bond motifs is 1. The molecule has 6 nitrogen and oxygen atoms in total. The fraction of sp³-hybridized carbons (Fsp3) is 0.188. The van der Waals surface area contributed by atoms with Gasteiger partial charge in [-0.25, -0.2) is 0 Å². The minimum absolute atomic E-state index is 0.0346.